The molecule has 0 saturated carbocycles. The molecule has 0 radical (unpaired) electrons. The molecular weight excluding hydrogens is 280 g/mol. The third kappa shape index (κ3) is 2.68. The molecule has 6 heteroatoms. The van der Waals surface area contributed by atoms with E-state index >= 15 is 0 Å². The molecular formula is C16H22N4O2. The van der Waals surface area contributed by atoms with E-state index in [0.29, 0.717) is 23.6 Å². The first kappa shape index (κ1) is 14.0. The fraction of sp³-hybridized carbons (Fsp3) is 0.625. The van der Waals surface area contributed by atoms with Crippen LogP contribution in [0.4, 0.5) is 0 Å². The van der Waals surface area contributed by atoms with Crippen LogP contribution >= 0.6 is 0 Å². The second kappa shape index (κ2) is 5.85. The SMILES string of the molecule is CN1CCC(N2CCC(c3nnc(-c4ccco4)o3)C2)CC1. The van der Waals surface area contributed by atoms with Gasteiger partial charge in [-0.1, -0.05) is 0 Å². The lowest BCUT2D eigenvalue weighted by molar-refractivity contribution is 0.141. The Bertz CT molecular complexity index is 601. The fourth-order valence-corrected chi connectivity index (χ4v) is 3.58. The van der Waals surface area contributed by atoms with Crippen molar-refractivity contribution in [3.05, 3.63) is 24.3 Å². The number of hydrogen-bond donors (Lipinski definition) is 0. The van der Waals surface area contributed by atoms with Crippen LogP contribution in [0, 0.1) is 0 Å². The first-order chi connectivity index (χ1) is 10.8. The van der Waals surface area contributed by atoms with E-state index in [9.17, 15) is 0 Å². The van der Waals surface area contributed by atoms with Crippen LogP contribution in [0.1, 0.15) is 31.1 Å². The smallest absolute Gasteiger partial charge is 0.283 e. The summed E-state index contributed by atoms with van der Waals surface area (Å²) in [4.78, 5) is 5.02. The summed E-state index contributed by atoms with van der Waals surface area (Å²) in [6.45, 7) is 4.58. The van der Waals surface area contributed by atoms with Crippen molar-refractivity contribution < 1.29 is 8.83 Å². The Morgan fingerprint density at radius 3 is 2.77 bits per heavy atom. The van der Waals surface area contributed by atoms with Gasteiger partial charge in [-0.15, -0.1) is 10.2 Å². The highest BCUT2D eigenvalue weighted by atomic mass is 16.4. The van der Waals surface area contributed by atoms with Gasteiger partial charge in [-0.25, -0.2) is 0 Å². The summed E-state index contributed by atoms with van der Waals surface area (Å²) in [7, 11) is 2.21. The number of piperidine rings is 1. The third-order valence-electron chi connectivity index (χ3n) is 4.95. The van der Waals surface area contributed by atoms with Gasteiger partial charge in [-0.3, -0.25) is 4.90 Å². The van der Waals surface area contributed by atoms with E-state index in [0.717, 1.165) is 25.4 Å². The first-order valence-corrected chi connectivity index (χ1v) is 8.09. The Labute approximate surface area is 130 Å². The van der Waals surface area contributed by atoms with Gasteiger partial charge in [-0.05, 0) is 58.1 Å². The highest BCUT2D eigenvalue weighted by Crippen LogP contribution is 2.31. The molecule has 1 atom stereocenters. The average molecular weight is 302 g/mol. The highest BCUT2D eigenvalue weighted by Gasteiger charge is 2.33. The number of rotatable bonds is 3. The molecule has 6 nitrogen and oxygen atoms in total. The molecule has 1 unspecified atom stereocenters. The van der Waals surface area contributed by atoms with E-state index in [2.05, 4.69) is 27.0 Å². The summed E-state index contributed by atoms with van der Waals surface area (Å²) >= 11 is 0. The van der Waals surface area contributed by atoms with Crippen LogP contribution in [0.25, 0.3) is 11.7 Å². The minimum Gasteiger partial charge on any atom is -0.459 e. The predicted molar refractivity (Wildman–Crippen MR) is 81.5 cm³/mol. The molecule has 0 bridgehead atoms. The van der Waals surface area contributed by atoms with E-state index in [1.54, 1.807) is 6.26 Å². The van der Waals surface area contributed by atoms with E-state index in [1.165, 1.54) is 25.9 Å². The molecule has 0 N–H and O–H groups in total. The van der Waals surface area contributed by atoms with Gasteiger partial charge in [0.25, 0.3) is 5.89 Å². The second-order valence-electron chi connectivity index (χ2n) is 6.44. The second-order valence-corrected chi connectivity index (χ2v) is 6.44. The maximum atomic E-state index is 5.81. The normalized spacial score (nSPS) is 25.0. The van der Waals surface area contributed by atoms with Gasteiger partial charge in [-0.2, -0.15) is 0 Å². The van der Waals surface area contributed by atoms with Gasteiger partial charge >= 0.3 is 0 Å². The van der Waals surface area contributed by atoms with Crippen LogP contribution < -0.4 is 0 Å². The predicted octanol–water partition coefficient (Wildman–Crippen LogP) is 2.21. The summed E-state index contributed by atoms with van der Waals surface area (Å²) in [6.07, 6.45) is 5.26. The molecule has 2 saturated heterocycles. The van der Waals surface area contributed by atoms with Gasteiger partial charge < -0.3 is 13.7 Å². The molecule has 0 aliphatic carbocycles. The largest absolute Gasteiger partial charge is 0.459 e. The molecule has 0 spiro atoms. The molecule has 118 valence electrons. The summed E-state index contributed by atoms with van der Waals surface area (Å²) in [5.41, 5.74) is 0. The lowest BCUT2D eigenvalue weighted by Crippen LogP contribution is -2.42. The van der Waals surface area contributed by atoms with Crippen LogP contribution in [0.2, 0.25) is 0 Å². The van der Waals surface area contributed by atoms with Crippen molar-refractivity contribution in [2.24, 2.45) is 0 Å². The molecule has 4 rings (SSSR count). The van der Waals surface area contributed by atoms with Crippen molar-refractivity contribution >= 4 is 0 Å². The molecule has 0 amide bonds. The lowest BCUT2D eigenvalue weighted by atomic mass is 10.0. The van der Waals surface area contributed by atoms with Crippen LogP contribution in [0.15, 0.2) is 27.2 Å². The lowest BCUT2D eigenvalue weighted by Gasteiger charge is -2.35. The fourth-order valence-electron chi connectivity index (χ4n) is 3.58. The molecule has 2 fully saturated rings. The topological polar surface area (TPSA) is 58.5 Å². The van der Waals surface area contributed by atoms with Crippen LogP contribution in [0.3, 0.4) is 0 Å². The van der Waals surface area contributed by atoms with Crippen LogP contribution in [-0.2, 0) is 0 Å². The van der Waals surface area contributed by atoms with Crippen molar-refractivity contribution in [2.75, 3.05) is 33.2 Å². The molecule has 2 aliphatic heterocycles. The Kier molecular flexibility index (Phi) is 3.72. The van der Waals surface area contributed by atoms with Crippen molar-refractivity contribution in [3.63, 3.8) is 0 Å². The summed E-state index contributed by atoms with van der Waals surface area (Å²) < 4.78 is 11.1. The van der Waals surface area contributed by atoms with Gasteiger partial charge in [0.1, 0.15) is 0 Å². The number of likely N-dealkylation sites (tertiary alicyclic amines) is 2. The Morgan fingerprint density at radius 1 is 1.14 bits per heavy atom. The van der Waals surface area contributed by atoms with E-state index in [1.807, 2.05) is 12.1 Å². The summed E-state index contributed by atoms with van der Waals surface area (Å²) in [5.74, 6) is 2.24. The number of nitrogens with zero attached hydrogens (tertiary/aromatic N) is 4. The molecule has 4 heterocycles. The maximum Gasteiger partial charge on any atom is 0.283 e. The third-order valence-corrected chi connectivity index (χ3v) is 4.95. The van der Waals surface area contributed by atoms with Crippen molar-refractivity contribution in [1.82, 2.24) is 20.0 Å². The molecule has 2 aromatic rings. The van der Waals surface area contributed by atoms with E-state index in [-0.39, 0.29) is 0 Å². The van der Waals surface area contributed by atoms with Gasteiger partial charge in [0.2, 0.25) is 5.89 Å². The van der Waals surface area contributed by atoms with E-state index < -0.39 is 0 Å². The zero-order valence-electron chi connectivity index (χ0n) is 12.9. The summed E-state index contributed by atoms with van der Waals surface area (Å²) in [5, 5.41) is 8.35. The summed E-state index contributed by atoms with van der Waals surface area (Å²) in [6, 6.07) is 4.39. The zero-order chi connectivity index (χ0) is 14.9. The molecule has 22 heavy (non-hydrogen) atoms. The highest BCUT2D eigenvalue weighted by molar-refractivity contribution is 5.42. The Hall–Kier alpha value is -1.66. The first-order valence-electron chi connectivity index (χ1n) is 8.09. The van der Waals surface area contributed by atoms with Gasteiger partial charge in [0.15, 0.2) is 5.76 Å². The van der Waals surface area contributed by atoms with Crippen molar-refractivity contribution in [1.29, 1.82) is 0 Å². The van der Waals surface area contributed by atoms with Crippen LogP contribution in [0.5, 0.6) is 0 Å². The molecule has 2 aliphatic rings. The Morgan fingerprint density at radius 2 is 2.00 bits per heavy atom. The minimum atomic E-state index is 0.357. The zero-order valence-corrected chi connectivity index (χ0v) is 12.9. The van der Waals surface area contributed by atoms with Crippen molar-refractivity contribution in [3.8, 4) is 11.7 Å². The monoisotopic (exact) mass is 302 g/mol. The maximum absolute atomic E-state index is 5.81. The van der Waals surface area contributed by atoms with Crippen molar-refractivity contribution in [2.45, 2.75) is 31.2 Å². The Balaban J connectivity index is 1.40. The van der Waals surface area contributed by atoms with E-state index in [4.69, 9.17) is 8.83 Å². The van der Waals surface area contributed by atoms with Gasteiger partial charge in [0, 0.05) is 12.6 Å². The average Bonchev–Trinajstić information content (AvgIpc) is 3.27. The number of furan rings is 1. The minimum absolute atomic E-state index is 0.357. The van der Waals surface area contributed by atoms with Crippen LogP contribution in [-0.4, -0.2) is 59.3 Å². The van der Waals surface area contributed by atoms with Gasteiger partial charge in [0.05, 0.1) is 12.2 Å². The quantitative estimate of drug-likeness (QED) is 0.866. The molecule has 0 aromatic carbocycles. The number of aromatic nitrogens is 2. The standard InChI is InChI=1S/C16H22N4O2/c1-19-7-5-13(6-8-19)20-9-4-12(11-20)15-17-18-16(22-15)14-3-2-10-21-14/h2-3,10,12-13H,4-9,11H2,1H3. The molecule has 2 aromatic heterocycles. The number of hydrogen-bond acceptors (Lipinski definition) is 6.